The van der Waals surface area contributed by atoms with Gasteiger partial charge in [0, 0.05) is 9.64 Å². The second-order valence-electron chi connectivity index (χ2n) is 2.64. The third-order valence-corrected chi connectivity index (χ3v) is 2.13. The molecule has 2 N–H and O–H groups in total. The lowest BCUT2D eigenvalue weighted by atomic mass is 10.2. The van der Waals surface area contributed by atoms with Crippen LogP contribution in [0.1, 0.15) is 0 Å². The number of ether oxygens (including phenoxy) is 1. The van der Waals surface area contributed by atoms with Crippen molar-refractivity contribution in [1.82, 2.24) is 0 Å². The summed E-state index contributed by atoms with van der Waals surface area (Å²) in [4.78, 5) is 9.60. The second-order valence-corrected chi connectivity index (χ2v) is 3.89. The van der Waals surface area contributed by atoms with Gasteiger partial charge in [-0.25, -0.2) is 0 Å². The number of benzene rings is 1. The van der Waals surface area contributed by atoms with E-state index in [1.807, 2.05) is 0 Å². The largest absolute Gasteiger partial charge is 0.573 e. The summed E-state index contributed by atoms with van der Waals surface area (Å²) in [6, 6.07) is 2.02. The van der Waals surface area contributed by atoms with E-state index in [4.69, 9.17) is 5.73 Å². The SMILES string of the molecule is Nc1c(OC(F)(F)F)cc(I)cc1[N+](=O)[O-]. The lowest BCUT2D eigenvalue weighted by Crippen LogP contribution is -2.18. The molecule has 0 aliphatic carbocycles. The van der Waals surface area contributed by atoms with E-state index in [0.29, 0.717) is 0 Å². The fourth-order valence-corrected chi connectivity index (χ4v) is 1.52. The Morgan fingerprint density at radius 3 is 2.44 bits per heavy atom. The maximum absolute atomic E-state index is 11.9. The van der Waals surface area contributed by atoms with Crippen LogP contribution < -0.4 is 10.5 Å². The van der Waals surface area contributed by atoms with E-state index in [-0.39, 0.29) is 3.57 Å². The third-order valence-electron chi connectivity index (χ3n) is 1.51. The van der Waals surface area contributed by atoms with Crippen LogP contribution in [0.15, 0.2) is 12.1 Å². The van der Waals surface area contributed by atoms with Gasteiger partial charge in [-0.3, -0.25) is 10.1 Å². The molecule has 0 unspecified atom stereocenters. The van der Waals surface area contributed by atoms with Crippen molar-refractivity contribution in [2.24, 2.45) is 0 Å². The minimum absolute atomic E-state index is 0.220. The van der Waals surface area contributed by atoms with Crippen molar-refractivity contribution in [2.45, 2.75) is 6.36 Å². The first-order chi connectivity index (χ1) is 7.20. The molecular weight excluding hydrogens is 344 g/mol. The quantitative estimate of drug-likeness (QED) is 0.386. The zero-order valence-corrected chi connectivity index (χ0v) is 9.57. The molecule has 0 spiro atoms. The average molecular weight is 348 g/mol. The van der Waals surface area contributed by atoms with Gasteiger partial charge in [-0.05, 0) is 28.7 Å². The van der Waals surface area contributed by atoms with Gasteiger partial charge in [0.2, 0.25) is 0 Å². The van der Waals surface area contributed by atoms with Crippen molar-refractivity contribution in [2.75, 3.05) is 5.73 Å². The van der Waals surface area contributed by atoms with Crippen LogP contribution in [0.4, 0.5) is 24.5 Å². The number of nitro benzene ring substituents is 1. The fraction of sp³-hybridized carbons (Fsp3) is 0.143. The van der Waals surface area contributed by atoms with Crippen molar-refractivity contribution in [3.05, 3.63) is 25.8 Å². The van der Waals surface area contributed by atoms with E-state index in [0.717, 1.165) is 12.1 Å². The van der Waals surface area contributed by atoms with E-state index < -0.39 is 28.4 Å². The molecule has 0 saturated heterocycles. The van der Waals surface area contributed by atoms with E-state index in [1.54, 1.807) is 22.6 Å². The number of rotatable bonds is 2. The third kappa shape index (κ3) is 3.12. The number of halogens is 4. The minimum atomic E-state index is -4.94. The predicted molar refractivity (Wildman–Crippen MR) is 56.9 cm³/mol. The number of nitrogens with two attached hydrogens (primary N) is 1. The van der Waals surface area contributed by atoms with Gasteiger partial charge in [0.1, 0.15) is 0 Å². The first-order valence-electron chi connectivity index (χ1n) is 3.70. The average Bonchev–Trinajstić information content (AvgIpc) is 2.07. The van der Waals surface area contributed by atoms with Gasteiger partial charge in [-0.15, -0.1) is 13.2 Å². The lowest BCUT2D eigenvalue weighted by Gasteiger charge is -2.11. The van der Waals surface area contributed by atoms with Crippen molar-refractivity contribution >= 4 is 34.0 Å². The molecule has 16 heavy (non-hydrogen) atoms. The molecule has 5 nitrogen and oxygen atoms in total. The van der Waals surface area contributed by atoms with Gasteiger partial charge in [0.25, 0.3) is 5.69 Å². The van der Waals surface area contributed by atoms with E-state index in [1.165, 1.54) is 0 Å². The highest BCUT2D eigenvalue weighted by Crippen LogP contribution is 2.36. The number of nitrogens with zero attached hydrogens (tertiary/aromatic N) is 1. The number of alkyl halides is 3. The summed E-state index contributed by atoms with van der Waals surface area (Å²) in [5, 5.41) is 10.5. The number of hydrogen-bond acceptors (Lipinski definition) is 4. The van der Waals surface area contributed by atoms with E-state index in [2.05, 4.69) is 4.74 Å². The number of hydrogen-bond donors (Lipinski definition) is 1. The molecule has 1 aromatic rings. The smallest absolute Gasteiger partial charge is 0.403 e. The Kier molecular flexibility index (Phi) is 3.45. The Morgan fingerprint density at radius 2 is 2.00 bits per heavy atom. The van der Waals surface area contributed by atoms with Crippen molar-refractivity contribution < 1.29 is 22.8 Å². The van der Waals surface area contributed by atoms with Gasteiger partial charge in [-0.1, -0.05) is 0 Å². The molecule has 0 aliphatic rings. The first-order valence-corrected chi connectivity index (χ1v) is 4.78. The molecule has 9 heteroatoms. The Bertz CT molecular complexity index is 436. The zero-order chi connectivity index (χ0) is 12.5. The normalized spacial score (nSPS) is 11.2. The van der Waals surface area contributed by atoms with Crippen LogP contribution in [0.25, 0.3) is 0 Å². The summed E-state index contributed by atoms with van der Waals surface area (Å²) in [5.41, 5.74) is 3.92. The summed E-state index contributed by atoms with van der Waals surface area (Å²) in [7, 11) is 0. The summed E-state index contributed by atoms with van der Waals surface area (Å²) in [6.07, 6.45) is -4.94. The van der Waals surface area contributed by atoms with Gasteiger partial charge in [-0.2, -0.15) is 0 Å². The second kappa shape index (κ2) is 4.31. The number of anilines is 1. The molecule has 0 saturated carbocycles. The van der Waals surface area contributed by atoms with Crippen LogP contribution in [-0.2, 0) is 0 Å². The highest BCUT2D eigenvalue weighted by atomic mass is 127. The Hall–Kier alpha value is -1.26. The van der Waals surface area contributed by atoms with E-state index in [9.17, 15) is 23.3 Å². The van der Waals surface area contributed by atoms with Crippen LogP contribution >= 0.6 is 22.6 Å². The van der Waals surface area contributed by atoms with Gasteiger partial charge in [0.05, 0.1) is 4.92 Å². The molecule has 0 atom stereocenters. The van der Waals surface area contributed by atoms with Gasteiger partial charge < -0.3 is 10.5 Å². The highest BCUT2D eigenvalue weighted by Gasteiger charge is 2.33. The maximum atomic E-state index is 11.9. The van der Waals surface area contributed by atoms with Crippen molar-refractivity contribution in [3.63, 3.8) is 0 Å². The molecule has 88 valence electrons. The Labute approximate surface area is 101 Å². The zero-order valence-electron chi connectivity index (χ0n) is 7.42. The molecule has 0 bridgehead atoms. The fourth-order valence-electron chi connectivity index (χ4n) is 0.939. The van der Waals surface area contributed by atoms with E-state index >= 15 is 0 Å². The molecule has 0 aromatic heterocycles. The van der Waals surface area contributed by atoms with Crippen LogP contribution in [0.3, 0.4) is 0 Å². The van der Waals surface area contributed by atoms with Crippen LogP contribution in [0, 0.1) is 13.7 Å². The molecule has 0 radical (unpaired) electrons. The van der Waals surface area contributed by atoms with Crippen LogP contribution in [-0.4, -0.2) is 11.3 Å². The van der Waals surface area contributed by atoms with Crippen molar-refractivity contribution in [3.8, 4) is 5.75 Å². The highest BCUT2D eigenvalue weighted by molar-refractivity contribution is 14.1. The first kappa shape index (κ1) is 12.8. The Morgan fingerprint density at radius 1 is 1.44 bits per heavy atom. The number of nitro groups is 1. The molecule has 0 aliphatic heterocycles. The minimum Gasteiger partial charge on any atom is -0.403 e. The van der Waals surface area contributed by atoms with Crippen molar-refractivity contribution in [1.29, 1.82) is 0 Å². The molecule has 0 amide bonds. The topological polar surface area (TPSA) is 78.4 Å². The van der Waals surface area contributed by atoms with Crippen LogP contribution in [0.2, 0.25) is 0 Å². The van der Waals surface area contributed by atoms with Gasteiger partial charge >= 0.3 is 6.36 Å². The monoisotopic (exact) mass is 348 g/mol. The summed E-state index contributed by atoms with van der Waals surface area (Å²) < 4.78 is 39.6. The number of nitrogen functional groups attached to an aromatic ring is 1. The maximum Gasteiger partial charge on any atom is 0.573 e. The summed E-state index contributed by atoms with van der Waals surface area (Å²) in [5.74, 6) is -0.772. The summed E-state index contributed by atoms with van der Waals surface area (Å²) >= 11 is 1.63. The molecule has 0 fully saturated rings. The molecular formula is C7H4F3IN2O3. The Balaban J connectivity index is 3.25. The predicted octanol–water partition coefficient (Wildman–Crippen LogP) is 2.68. The molecule has 0 heterocycles. The standard InChI is InChI=1S/C7H4F3IN2O3/c8-7(9,10)16-5-2-3(11)1-4(6(5)12)13(14)15/h1-2H,12H2. The molecule has 1 rings (SSSR count). The molecule has 1 aromatic carbocycles. The lowest BCUT2D eigenvalue weighted by molar-refractivity contribution is -0.384. The van der Waals surface area contributed by atoms with Crippen LogP contribution in [0.5, 0.6) is 5.75 Å². The van der Waals surface area contributed by atoms with Gasteiger partial charge in [0.15, 0.2) is 11.4 Å². The summed E-state index contributed by atoms with van der Waals surface area (Å²) in [6.45, 7) is 0.